The second-order valence-electron chi connectivity index (χ2n) is 4.06. The van der Waals surface area contributed by atoms with Crippen LogP contribution < -0.4 is 9.47 Å². The molecular formula is C13H15F2NO2S. The molecule has 2 rings (SSSR count). The number of halogens is 2. The van der Waals surface area contributed by atoms with Crippen molar-refractivity contribution < 1.29 is 18.3 Å². The quantitative estimate of drug-likeness (QED) is 0.625. The van der Waals surface area contributed by atoms with Gasteiger partial charge >= 0.3 is 5.25 Å². The molecule has 19 heavy (non-hydrogen) atoms. The SMILES string of the molecule is COc1ccc(CN2CC=CC(F)(F)S2)c(OC)c1. The molecule has 0 radical (unpaired) electrons. The molecule has 1 aromatic carbocycles. The third kappa shape index (κ3) is 3.61. The van der Waals surface area contributed by atoms with E-state index in [1.54, 1.807) is 30.7 Å². The van der Waals surface area contributed by atoms with Crippen LogP contribution in [0.5, 0.6) is 11.5 Å². The summed E-state index contributed by atoms with van der Waals surface area (Å²) in [5.74, 6) is 1.31. The molecule has 0 aliphatic carbocycles. The summed E-state index contributed by atoms with van der Waals surface area (Å²) in [4.78, 5) is 0. The molecule has 0 saturated heterocycles. The van der Waals surface area contributed by atoms with Crippen molar-refractivity contribution in [1.29, 1.82) is 0 Å². The van der Waals surface area contributed by atoms with Crippen molar-refractivity contribution in [2.24, 2.45) is 0 Å². The van der Waals surface area contributed by atoms with Crippen LogP contribution in [-0.4, -0.2) is 30.3 Å². The van der Waals surface area contributed by atoms with Gasteiger partial charge in [-0.25, -0.2) is 4.31 Å². The van der Waals surface area contributed by atoms with Crippen molar-refractivity contribution in [3.8, 4) is 11.5 Å². The lowest BCUT2D eigenvalue weighted by atomic mass is 10.2. The summed E-state index contributed by atoms with van der Waals surface area (Å²) in [6, 6.07) is 5.37. The molecule has 0 spiro atoms. The molecular weight excluding hydrogens is 272 g/mol. The minimum Gasteiger partial charge on any atom is -0.497 e. The zero-order valence-corrected chi connectivity index (χ0v) is 11.5. The predicted molar refractivity (Wildman–Crippen MR) is 71.6 cm³/mol. The van der Waals surface area contributed by atoms with E-state index in [0.717, 1.165) is 11.6 Å². The zero-order valence-electron chi connectivity index (χ0n) is 10.7. The number of methoxy groups -OCH3 is 2. The van der Waals surface area contributed by atoms with E-state index in [0.29, 0.717) is 36.5 Å². The average Bonchev–Trinajstić information content (AvgIpc) is 2.38. The van der Waals surface area contributed by atoms with Crippen LogP contribution in [0.2, 0.25) is 0 Å². The van der Waals surface area contributed by atoms with Gasteiger partial charge in [-0.2, -0.15) is 8.78 Å². The van der Waals surface area contributed by atoms with E-state index < -0.39 is 5.25 Å². The Morgan fingerprint density at radius 1 is 1.32 bits per heavy atom. The molecule has 0 amide bonds. The number of hydrogen-bond donors (Lipinski definition) is 0. The van der Waals surface area contributed by atoms with E-state index in [9.17, 15) is 8.78 Å². The Bertz CT molecular complexity index is 480. The molecule has 0 fully saturated rings. The van der Waals surface area contributed by atoms with Gasteiger partial charge in [0, 0.05) is 36.7 Å². The molecule has 0 N–H and O–H groups in total. The summed E-state index contributed by atoms with van der Waals surface area (Å²) in [5.41, 5.74) is 0.849. The molecule has 1 aliphatic rings. The van der Waals surface area contributed by atoms with Crippen LogP contribution in [0.3, 0.4) is 0 Å². The monoisotopic (exact) mass is 287 g/mol. The maximum atomic E-state index is 13.2. The highest BCUT2D eigenvalue weighted by molar-refractivity contribution is 7.98. The van der Waals surface area contributed by atoms with Gasteiger partial charge in [-0.05, 0) is 12.1 Å². The fourth-order valence-electron chi connectivity index (χ4n) is 1.82. The number of alkyl halides is 2. The Labute approximate surface area is 115 Å². The molecule has 0 aromatic heterocycles. The maximum Gasteiger partial charge on any atom is 0.326 e. The molecule has 1 aliphatic heterocycles. The van der Waals surface area contributed by atoms with Gasteiger partial charge in [0.15, 0.2) is 0 Å². The molecule has 0 saturated carbocycles. The molecule has 1 aromatic rings. The Kier molecular flexibility index (Phi) is 4.31. The van der Waals surface area contributed by atoms with E-state index in [-0.39, 0.29) is 0 Å². The Balaban J connectivity index is 2.13. The highest BCUT2D eigenvalue weighted by atomic mass is 32.2. The van der Waals surface area contributed by atoms with Crippen LogP contribution in [0.1, 0.15) is 5.56 Å². The molecule has 104 valence electrons. The lowest BCUT2D eigenvalue weighted by Crippen LogP contribution is -2.26. The summed E-state index contributed by atoms with van der Waals surface area (Å²) in [6.45, 7) is 0.868. The topological polar surface area (TPSA) is 21.7 Å². The van der Waals surface area contributed by atoms with E-state index in [1.165, 1.54) is 6.08 Å². The fourth-order valence-corrected chi connectivity index (χ4v) is 2.68. The minimum absolute atomic E-state index is 0.387. The highest BCUT2D eigenvalue weighted by Gasteiger charge is 2.32. The van der Waals surface area contributed by atoms with Crippen molar-refractivity contribution in [3.05, 3.63) is 35.9 Å². The number of ether oxygens (including phenoxy) is 2. The molecule has 3 nitrogen and oxygen atoms in total. The molecule has 0 atom stereocenters. The van der Waals surface area contributed by atoms with E-state index in [4.69, 9.17) is 9.47 Å². The number of rotatable bonds is 4. The zero-order chi connectivity index (χ0) is 13.9. The van der Waals surface area contributed by atoms with Gasteiger partial charge in [0.25, 0.3) is 0 Å². The lowest BCUT2D eigenvalue weighted by Gasteiger charge is -2.27. The molecule has 0 bridgehead atoms. The second kappa shape index (κ2) is 5.79. The van der Waals surface area contributed by atoms with Gasteiger partial charge in [0.2, 0.25) is 0 Å². The van der Waals surface area contributed by atoms with E-state index in [1.807, 2.05) is 6.07 Å². The largest absolute Gasteiger partial charge is 0.497 e. The minimum atomic E-state index is -2.84. The summed E-state index contributed by atoms with van der Waals surface area (Å²) in [6.07, 6.45) is 2.41. The van der Waals surface area contributed by atoms with Crippen molar-refractivity contribution >= 4 is 11.9 Å². The highest BCUT2D eigenvalue weighted by Crippen LogP contribution is 2.38. The van der Waals surface area contributed by atoms with Crippen LogP contribution >= 0.6 is 11.9 Å². The molecule has 6 heteroatoms. The normalized spacial score (nSPS) is 18.3. The first-order valence-electron chi connectivity index (χ1n) is 5.74. The van der Waals surface area contributed by atoms with Gasteiger partial charge in [-0.15, -0.1) is 0 Å². The number of benzene rings is 1. The second-order valence-corrected chi connectivity index (χ2v) is 5.30. The molecule has 0 unspecified atom stereocenters. The maximum absolute atomic E-state index is 13.2. The van der Waals surface area contributed by atoms with Crippen molar-refractivity contribution in [1.82, 2.24) is 4.31 Å². The van der Waals surface area contributed by atoms with Gasteiger partial charge in [0.05, 0.1) is 14.2 Å². The first kappa shape index (κ1) is 14.1. The standard InChI is InChI=1S/C13H15F2NO2S/c1-17-11-5-4-10(12(8-11)18-2)9-16-7-3-6-13(14,15)19-16/h3-6,8H,7,9H2,1-2H3. The van der Waals surface area contributed by atoms with Crippen molar-refractivity contribution in [3.63, 3.8) is 0 Å². The van der Waals surface area contributed by atoms with Crippen LogP contribution in [-0.2, 0) is 6.54 Å². The van der Waals surface area contributed by atoms with E-state index in [2.05, 4.69) is 0 Å². The third-order valence-corrected chi connectivity index (χ3v) is 3.63. The third-order valence-electron chi connectivity index (χ3n) is 2.71. The van der Waals surface area contributed by atoms with E-state index >= 15 is 0 Å². The fraction of sp³-hybridized carbons (Fsp3) is 0.385. The summed E-state index contributed by atoms with van der Waals surface area (Å²) >= 11 is 0.539. The predicted octanol–water partition coefficient (Wildman–Crippen LogP) is 3.32. The Hall–Kier alpha value is -1.27. The first-order valence-corrected chi connectivity index (χ1v) is 6.52. The van der Waals surface area contributed by atoms with Crippen molar-refractivity contribution in [2.45, 2.75) is 11.8 Å². The van der Waals surface area contributed by atoms with Crippen LogP contribution in [0.25, 0.3) is 0 Å². The summed E-state index contributed by atoms with van der Waals surface area (Å²) in [7, 11) is 3.12. The van der Waals surface area contributed by atoms with Gasteiger partial charge < -0.3 is 9.47 Å². The van der Waals surface area contributed by atoms with Gasteiger partial charge in [-0.3, -0.25) is 0 Å². The van der Waals surface area contributed by atoms with Crippen LogP contribution in [0.4, 0.5) is 8.78 Å². The van der Waals surface area contributed by atoms with Gasteiger partial charge in [0.1, 0.15) is 11.5 Å². The Morgan fingerprint density at radius 3 is 2.74 bits per heavy atom. The molecule has 1 heterocycles. The van der Waals surface area contributed by atoms with Crippen molar-refractivity contribution in [2.75, 3.05) is 20.8 Å². The first-order chi connectivity index (χ1) is 9.04. The summed E-state index contributed by atoms with van der Waals surface area (Å²) in [5, 5.41) is -2.84. The number of hydrogen-bond acceptors (Lipinski definition) is 4. The number of nitrogens with zero attached hydrogens (tertiary/aromatic N) is 1. The van der Waals surface area contributed by atoms with Crippen LogP contribution in [0, 0.1) is 0 Å². The van der Waals surface area contributed by atoms with Gasteiger partial charge in [-0.1, -0.05) is 12.1 Å². The Morgan fingerprint density at radius 2 is 2.11 bits per heavy atom. The average molecular weight is 287 g/mol. The lowest BCUT2D eigenvalue weighted by molar-refractivity contribution is 0.152. The van der Waals surface area contributed by atoms with Crippen LogP contribution in [0.15, 0.2) is 30.4 Å². The smallest absolute Gasteiger partial charge is 0.326 e. The summed E-state index contributed by atoms with van der Waals surface area (Å²) < 4.78 is 38.4.